The summed E-state index contributed by atoms with van der Waals surface area (Å²) in [6.07, 6.45) is -4.19. The minimum Gasteiger partial charge on any atom is -0.426 e. The molecule has 10 heteroatoms. The monoisotopic (exact) mass is 414 g/mol. The van der Waals surface area contributed by atoms with Crippen molar-refractivity contribution in [3.05, 3.63) is 77.2 Å². The second-order valence-corrected chi connectivity index (χ2v) is 6.02. The molecule has 0 saturated carbocycles. The molecule has 0 aliphatic heterocycles. The van der Waals surface area contributed by atoms with Crippen LogP contribution in [0.3, 0.4) is 0 Å². The Kier molecular flexibility index (Phi) is 4.97. The molecule has 152 valence electrons. The van der Waals surface area contributed by atoms with Crippen LogP contribution in [0.5, 0.6) is 17.5 Å². The lowest BCUT2D eigenvalue weighted by molar-refractivity contribution is -0.274. The van der Waals surface area contributed by atoms with E-state index < -0.39 is 23.1 Å². The van der Waals surface area contributed by atoms with E-state index in [0.29, 0.717) is 11.4 Å². The lowest BCUT2D eigenvalue weighted by atomic mass is 10.2. The Balaban J connectivity index is 1.85. The number of anilines is 2. The molecule has 0 unspecified atom stereocenters. The van der Waals surface area contributed by atoms with Crippen LogP contribution in [0.4, 0.5) is 24.7 Å². The number of aromatic amines is 1. The SMILES string of the molecule is O=c1[nH]c(Oc2ccccc2)nc2c(Nc3ccccc3)ncc(OC(F)(F)F)c12. The van der Waals surface area contributed by atoms with Gasteiger partial charge in [-0.3, -0.25) is 9.78 Å². The summed E-state index contributed by atoms with van der Waals surface area (Å²) in [7, 11) is 0. The molecule has 0 radical (unpaired) electrons. The van der Waals surface area contributed by atoms with Crippen molar-refractivity contribution in [3.8, 4) is 17.5 Å². The van der Waals surface area contributed by atoms with Gasteiger partial charge >= 0.3 is 12.4 Å². The number of para-hydroxylation sites is 2. The fourth-order valence-electron chi connectivity index (χ4n) is 2.70. The Hall–Kier alpha value is -4.08. The van der Waals surface area contributed by atoms with E-state index in [1.807, 2.05) is 0 Å². The van der Waals surface area contributed by atoms with Crippen LogP contribution >= 0.6 is 0 Å². The topological polar surface area (TPSA) is 89.1 Å². The van der Waals surface area contributed by atoms with Crippen molar-refractivity contribution in [2.75, 3.05) is 5.32 Å². The molecule has 0 aliphatic rings. The molecule has 2 aromatic carbocycles. The zero-order chi connectivity index (χ0) is 21.1. The normalized spacial score (nSPS) is 11.3. The van der Waals surface area contributed by atoms with E-state index in [1.54, 1.807) is 60.7 Å². The summed E-state index contributed by atoms with van der Waals surface area (Å²) in [5.74, 6) is -0.320. The number of benzene rings is 2. The van der Waals surface area contributed by atoms with Gasteiger partial charge in [-0.05, 0) is 24.3 Å². The molecule has 4 aromatic rings. The van der Waals surface area contributed by atoms with Gasteiger partial charge in [-0.15, -0.1) is 13.2 Å². The van der Waals surface area contributed by atoms with Gasteiger partial charge in [-0.2, -0.15) is 4.98 Å². The Morgan fingerprint density at radius 2 is 1.63 bits per heavy atom. The van der Waals surface area contributed by atoms with E-state index in [-0.39, 0.29) is 17.3 Å². The number of halogens is 3. The van der Waals surface area contributed by atoms with E-state index in [0.717, 1.165) is 6.20 Å². The number of aromatic nitrogens is 3. The summed E-state index contributed by atoms with van der Waals surface area (Å²) in [6, 6.07) is 17.0. The minimum absolute atomic E-state index is 0.0646. The van der Waals surface area contributed by atoms with Gasteiger partial charge in [0.05, 0.1) is 6.20 Å². The van der Waals surface area contributed by atoms with Gasteiger partial charge in [0.1, 0.15) is 16.7 Å². The molecular weight excluding hydrogens is 401 g/mol. The molecule has 7 nitrogen and oxygen atoms in total. The van der Waals surface area contributed by atoms with Crippen LogP contribution in [-0.4, -0.2) is 21.3 Å². The van der Waals surface area contributed by atoms with Crippen LogP contribution in [0.25, 0.3) is 10.9 Å². The van der Waals surface area contributed by atoms with Crippen molar-refractivity contribution in [2.45, 2.75) is 6.36 Å². The van der Waals surface area contributed by atoms with Gasteiger partial charge in [0, 0.05) is 5.69 Å². The first-order chi connectivity index (χ1) is 14.4. The molecule has 0 fully saturated rings. The van der Waals surface area contributed by atoms with Crippen molar-refractivity contribution in [2.24, 2.45) is 0 Å². The maximum absolute atomic E-state index is 12.8. The van der Waals surface area contributed by atoms with Crippen LogP contribution in [0.2, 0.25) is 0 Å². The molecule has 2 N–H and O–H groups in total. The summed E-state index contributed by atoms with van der Waals surface area (Å²) < 4.78 is 47.9. The maximum Gasteiger partial charge on any atom is 0.573 e. The quantitative estimate of drug-likeness (QED) is 0.490. The maximum atomic E-state index is 12.8. The molecule has 2 heterocycles. The lowest BCUT2D eigenvalue weighted by Gasteiger charge is -2.14. The highest BCUT2D eigenvalue weighted by atomic mass is 19.4. The van der Waals surface area contributed by atoms with Crippen molar-refractivity contribution >= 4 is 22.4 Å². The Morgan fingerprint density at radius 1 is 0.967 bits per heavy atom. The van der Waals surface area contributed by atoms with Crippen LogP contribution < -0.4 is 20.3 Å². The molecular formula is C20H13F3N4O3. The fourth-order valence-corrected chi connectivity index (χ4v) is 2.70. The Morgan fingerprint density at radius 3 is 2.30 bits per heavy atom. The molecule has 0 atom stereocenters. The summed E-state index contributed by atoms with van der Waals surface area (Å²) in [5, 5.41) is 2.52. The predicted molar refractivity (Wildman–Crippen MR) is 103 cm³/mol. The highest BCUT2D eigenvalue weighted by molar-refractivity contribution is 5.93. The zero-order valence-corrected chi connectivity index (χ0v) is 15.1. The molecule has 0 spiro atoms. The standard InChI is InChI=1S/C20H13F3N4O3/c21-20(22,23)30-14-11-24-17(25-12-7-3-1-4-8-12)16-15(14)18(28)27-19(26-16)29-13-9-5-2-6-10-13/h1-11H,(H,24,25)(H,26,27,28). The third-order valence-electron chi connectivity index (χ3n) is 3.90. The Labute approximate surface area is 167 Å². The molecule has 0 amide bonds. The number of pyridine rings is 1. The number of hydrogen-bond acceptors (Lipinski definition) is 6. The summed E-state index contributed by atoms with van der Waals surface area (Å²) in [6.45, 7) is 0. The molecule has 0 aliphatic carbocycles. The summed E-state index contributed by atoms with van der Waals surface area (Å²) in [5.41, 5.74) is -0.414. The average molecular weight is 414 g/mol. The number of rotatable bonds is 5. The number of fused-ring (bicyclic) bond motifs is 1. The van der Waals surface area contributed by atoms with E-state index in [9.17, 15) is 18.0 Å². The summed E-state index contributed by atoms with van der Waals surface area (Å²) >= 11 is 0. The van der Waals surface area contributed by atoms with Gasteiger partial charge < -0.3 is 14.8 Å². The number of hydrogen-bond donors (Lipinski definition) is 2. The number of nitrogens with one attached hydrogen (secondary N) is 2. The largest absolute Gasteiger partial charge is 0.573 e. The van der Waals surface area contributed by atoms with Gasteiger partial charge in [0.2, 0.25) is 0 Å². The second-order valence-electron chi connectivity index (χ2n) is 6.02. The first kappa shape index (κ1) is 19.2. The van der Waals surface area contributed by atoms with E-state index in [4.69, 9.17) is 4.74 Å². The Bertz CT molecular complexity index is 1230. The average Bonchev–Trinajstić information content (AvgIpc) is 2.70. The van der Waals surface area contributed by atoms with Crippen molar-refractivity contribution in [1.29, 1.82) is 0 Å². The number of alkyl halides is 3. The number of H-pyrrole nitrogens is 1. The van der Waals surface area contributed by atoms with E-state index >= 15 is 0 Å². The highest BCUT2D eigenvalue weighted by Gasteiger charge is 2.33. The zero-order valence-electron chi connectivity index (χ0n) is 15.1. The first-order valence-corrected chi connectivity index (χ1v) is 8.63. The van der Waals surface area contributed by atoms with Gasteiger partial charge in [-0.25, -0.2) is 4.98 Å². The first-order valence-electron chi connectivity index (χ1n) is 8.63. The molecule has 0 bridgehead atoms. The number of ether oxygens (including phenoxy) is 2. The predicted octanol–water partition coefficient (Wildman–Crippen LogP) is 4.75. The molecule has 4 rings (SSSR count). The van der Waals surface area contributed by atoms with Crippen LogP contribution in [0, 0.1) is 0 Å². The third-order valence-corrected chi connectivity index (χ3v) is 3.90. The van der Waals surface area contributed by atoms with Gasteiger partial charge in [0.15, 0.2) is 11.6 Å². The van der Waals surface area contributed by atoms with Crippen molar-refractivity contribution in [1.82, 2.24) is 15.0 Å². The second kappa shape index (κ2) is 7.74. The third kappa shape index (κ3) is 4.32. The van der Waals surface area contributed by atoms with Gasteiger partial charge in [0.25, 0.3) is 5.56 Å². The summed E-state index contributed by atoms with van der Waals surface area (Å²) in [4.78, 5) is 23.1. The van der Waals surface area contributed by atoms with Crippen LogP contribution in [-0.2, 0) is 0 Å². The van der Waals surface area contributed by atoms with Gasteiger partial charge in [-0.1, -0.05) is 36.4 Å². The van der Waals surface area contributed by atoms with Crippen LogP contribution in [0.15, 0.2) is 71.7 Å². The molecule has 2 aromatic heterocycles. The number of nitrogens with zero attached hydrogens (tertiary/aromatic N) is 2. The van der Waals surface area contributed by atoms with E-state index in [2.05, 4.69) is 25.0 Å². The van der Waals surface area contributed by atoms with E-state index in [1.165, 1.54) is 0 Å². The van der Waals surface area contributed by atoms with Crippen LogP contribution in [0.1, 0.15) is 0 Å². The highest BCUT2D eigenvalue weighted by Crippen LogP contribution is 2.32. The van der Waals surface area contributed by atoms with Crippen molar-refractivity contribution in [3.63, 3.8) is 0 Å². The lowest BCUT2D eigenvalue weighted by Crippen LogP contribution is -2.20. The minimum atomic E-state index is -5.01. The fraction of sp³-hybridized carbons (Fsp3) is 0.0500. The molecule has 30 heavy (non-hydrogen) atoms. The molecule has 0 saturated heterocycles. The smallest absolute Gasteiger partial charge is 0.426 e. The van der Waals surface area contributed by atoms with Crippen molar-refractivity contribution < 1.29 is 22.6 Å².